The first-order valence-electron chi connectivity index (χ1n) is 8.35. The van der Waals surface area contributed by atoms with Gasteiger partial charge in [-0.1, -0.05) is 11.6 Å². The van der Waals surface area contributed by atoms with E-state index in [9.17, 15) is 4.79 Å². The van der Waals surface area contributed by atoms with Crippen LogP contribution in [0.15, 0.2) is 12.1 Å². The van der Waals surface area contributed by atoms with E-state index >= 15 is 0 Å². The summed E-state index contributed by atoms with van der Waals surface area (Å²) in [6, 6.07) is 3.87. The van der Waals surface area contributed by atoms with Gasteiger partial charge in [-0.3, -0.25) is 0 Å². The fourth-order valence-electron chi connectivity index (χ4n) is 5.37. The summed E-state index contributed by atoms with van der Waals surface area (Å²) in [5, 5.41) is 6.44. The molecule has 0 saturated heterocycles. The maximum atomic E-state index is 12.5. The number of carbonyl (C=O) groups is 1. The molecule has 5 rings (SSSR count). The maximum absolute atomic E-state index is 12.5. The number of hydrogen-bond donors (Lipinski definition) is 2. The molecule has 0 aliphatic heterocycles. The summed E-state index contributed by atoms with van der Waals surface area (Å²) >= 11 is 7.51. The average Bonchev–Trinajstić information content (AvgIpc) is 2.83. The number of hydrogen-bond acceptors (Lipinski definition) is 2. The van der Waals surface area contributed by atoms with Gasteiger partial charge in [0.2, 0.25) is 0 Å². The van der Waals surface area contributed by atoms with Crippen LogP contribution in [0, 0.1) is 17.8 Å². The predicted octanol–water partition coefficient (Wildman–Crippen LogP) is 4.73. The largest absolute Gasteiger partial charge is 0.333 e. The minimum atomic E-state index is -0.0148. The number of urea groups is 1. The highest BCUT2D eigenvalue weighted by atomic mass is 35.5. The highest BCUT2D eigenvalue weighted by Crippen LogP contribution is 2.55. The molecule has 4 saturated carbocycles. The molecule has 2 amide bonds. The van der Waals surface area contributed by atoms with Gasteiger partial charge in [0.05, 0.1) is 10.4 Å². The standard InChI is InChI=1S/C17H23ClN2OS/c1-10(14-2-3-15(18)22-14)19-16(21)20-17-7-11-4-12(8-17)6-13(5-11)9-17/h2-3,10-13H,4-9H2,1H3,(H2,19,20,21)/t10-,11?,12?,13?,17?/m1/s1. The first-order valence-corrected chi connectivity index (χ1v) is 9.55. The molecule has 0 aromatic carbocycles. The van der Waals surface area contributed by atoms with Crippen molar-refractivity contribution >= 4 is 29.0 Å². The molecule has 3 nitrogen and oxygen atoms in total. The average molecular weight is 339 g/mol. The van der Waals surface area contributed by atoms with Crippen molar-refractivity contribution in [2.45, 2.75) is 57.0 Å². The van der Waals surface area contributed by atoms with Gasteiger partial charge in [-0.15, -0.1) is 11.3 Å². The number of amides is 2. The molecule has 4 aliphatic carbocycles. The molecule has 4 aliphatic rings. The van der Waals surface area contributed by atoms with Crippen LogP contribution < -0.4 is 10.6 Å². The van der Waals surface area contributed by atoms with Gasteiger partial charge in [0, 0.05) is 10.4 Å². The Kier molecular flexibility index (Phi) is 3.65. The van der Waals surface area contributed by atoms with Crippen LogP contribution >= 0.6 is 22.9 Å². The van der Waals surface area contributed by atoms with Crippen LogP contribution in [-0.4, -0.2) is 11.6 Å². The second kappa shape index (κ2) is 5.41. The monoisotopic (exact) mass is 338 g/mol. The van der Waals surface area contributed by atoms with E-state index in [2.05, 4.69) is 10.6 Å². The second-order valence-electron chi connectivity index (χ2n) is 7.66. The van der Waals surface area contributed by atoms with Gasteiger partial charge >= 0.3 is 6.03 Å². The Hall–Kier alpha value is -0.740. The molecule has 1 aromatic heterocycles. The molecular weight excluding hydrogens is 316 g/mol. The summed E-state index contributed by atoms with van der Waals surface area (Å²) in [6.45, 7) is 2.02. The fourth-order valence-corrected chi connectivity index (χ4v) is 6.43. The Balaban J connectivity index is 1.40. The number of thiophene rings is 1. The zero-order valence-electron chi connectivity index (χ0n) is 12.9. The second-order valence-corrected chi connectivity index (χ2v) is 9.41. The van der Waals surface area contributed by atoms with Crippen molar-refractivity contribution in [2.75, 3.05) is 0 Å². The molecule has 4 fully saturated rings. The summed E-state index contributed by atoms with van der Waals surface area (Å²) in [7, 11) is 0. The van der Waals surface area contributed by atoms with E-state index in [1.807, 2.05) is 19.1 Å². The van der Waals surface area contributed by atoms with Crippen LogP contribution in [-0.2, 0) is 0 Å². The molecule has 5 heteroatoms. The molecule has 0 unspecified atom stereocenters. The zero-order chi connectivity index (χ0) is 15.3. The summed E-state index contributed by atoms with van der Waals surface area (Å²) in [6.07, 6.45) is 7.74. The van der Waals surface area contributed by atoms with E-state index in [4.69, 9.17) is 11.6 Å². The summed E-state index contributed by atoms with van der Waals surface area (Å²) < 4.78 is 0.769. The predicted molar refractivity (Wildman–Crippen MR) is 90.3 cm³/mol. The van der Waals surface area contributed by atoms with Gasteiger partial charge in [0.1, 0.15) is 0 Å². The third kappa shape index (κ3) is 2.76. The van der Waals surface area contributed by atoms with Crippen LogP contribution in [0.5, 0.6) is 0 Å². The quantitative estimate of drug-likeness (QED) is 0.821. The Bertz CT molecular complexity index is 550. The molecule has 22 heavy (non-hydrogen) atoms. The first kappa shape index (κ1) is 14.8. The van der Waals surface area contributed by atoms with E-state index in [0.717, 1.165) is 27.0 Å². The zero-order valence-corrected chi connectivity index (χ0v) is 14.5. The lowest BCUT2D eigenvalue weighted by atomic mass is 9.53. The highest BCUT2D eigenvalue weighted by molar-refractivity contribution is 7.16. The number of nitrogens with one attached hydrogen (secondary N) is 2. The van der Waals surface area contributed by atoms with Crippen molar-refractivity contribution in [1.82, 2.24) is 10.6 Å². The summed E-state index contributed by atoms with van der Waals surface area (Å²) in [5.74, 6) is 2.54. The third-order valence-corrected chi connectivity index (χ3v) is 7.20. The Labute approximate surface area is 140 Å². The van der Waals surface area contributed by atoms with Crippen molar-refractivity contribution in [3.05, 3.63) is 21.3 Å². The van der Waals surface area contributed by atoms with Crippen LogP contribution in [0.25, 0.3) is 0 Å². The minimum Gasteiger partial charge on any atom is -0.333 e. The molecule has 1 aromatic rings. The molecule has 4 bridgehead atoms. The topological polar surface area (TPSA) is 41.1 Å². The lowest BCUT2D eigenvalue weighted by molar-refractivity contribution is -0.0136. The van der Waals surface area contributed by atoms with E-state index in [0.29, 0.717) is 0 Å². The van der Waals surface area contributed by atoms with Crippen molar-refractivity contribution < 1.29 is 4.79 Å². The van der Waals surface area contributed by atoms with E-state index in [-0.39, 0.29) is 17.6 Å². The third-order valence-electron chi connectivity index (χ3n) is 5.79. The van der Waals surface area contributed by atoms with Crippen molar-refractivity contribution in [1.29, 1.82) is 0 Å². The Morgan fingerprint density at radius 2 is 1.82 bits per heavy atom. The number of halogens is 1. The van der Waals surface area contributed by atoms with E-state index in [1.165, 1.54) is 49.9 Å². The molecule has 1 atom stereocenters. The van der Waals surface area contributed by atoms with Gasteiger partial charge in [-0.05, 0) is 75.3 Å². The Morgan fingerprint density at radius 3 is 2.32 bits per heavy atom. The van der Waals surface area contributed by atoms with Crippen molar-refractivity contribution in [2.24, 2.45) is 17.8 Å². The van der Waals surface area contributed by atoms with Gasteiger partial charge in [0.15, 0.2) is 0 Å². The summed E-state index contributed by atoms with van der Waals surface area (Å²) in [5.41, 5.74) is 0.0750. The van der Waals surface area contributed by atoms with Crippen LogP contribution in [0.1, 0.15) is 56.4 Å². The number of carbonyl (C=O) groups excluding carboxylic acids is 1. The SMILES string of the molecule is C[C@@H](NC(=O)NC12CC3CC(CC(C3)C1)C2)c1ccc(Cl)s1. The van der Waals surface area contributed by atoms with Gasteiger partial charge in [0.25, 0.3) is 0 Å². The minimum absolute atomic E-state index is 0.00594. The van der Waals surface area contributed by atoms with Gasteiger partial charge in [-0.25, -0.2) is 4.79 Å². The van der Waals surface area contributed by atoms with E-state index < -0.39 is 0 Å². The maximum Gasteiger partial charge on any atom is 0.315 e. The van der Waals surface area contributed by atoms with Crippen LogP contribution in [0.4, 0.5) is 4.79 Å². The van der Waals surface area contributed by atoms with Crippen molar-refractivity contribution in [3.8, 4) is 0 Å². The molecular formula is C17H23ClN2OS. The van der Waals surface area contributed by atoms with E-state index in [1.54, 1.807) is 0 Å². The van der Waals surface area contributed by atoms with Crippen LogP contribution in [0.2, 0.25) is 4.34 Å². The first-order chi connectivity index (χ1) is 10.5. The lowest BCUT2D eigenvalue weighted by Gasteiger charge is -2.56. The normalized spacial score (nSPS) is 37.1. The smallest absolute Gasteiger partial charge is 0.315 e. The molecule has 0 spiro atoms. The highest BCUT2D eigenvalue weighted by Gasteiger charge is 2.51. The van der Waals surface area contributed by atoms with Crippen molar-refractivity contribution in [3.63, 3.8) is 0 Å². The fraction of sp³-hybridized carbons (Fsp3) is 0.706. The van der Waals surface area contributed by atoms with Gasteiger partial charge < -0.3 is 10.6 Å². The molecule has 2 N–H and O–H groups in total. The lowest BCUT2D eigenvalue weighted by Crippen LogP contribution is -2.61. The molecule has 120 valence electrons. The van der Waals surface area contributed by atoms with Crippen LogP contribution in [0.3, 0.4) is 0 Å². The van der Waals surface area contributed by atoms with Gasteiger partial charge in [-0.2, -0.15) is 0 Å². The summed E-state index contributed by atoms with van der Waals surface area (Å²) in [4.78, 5) is 13.6. The molecule has 0 radical (unpaired) electrons. The molecule has 1 heterocycles. The Morgan fingerprint density at radius 1 is 1.23 bits per heavy atom. The number of rotatable bonds is 3.